The predicted molar refractivity (Wildman–Crippen MR) is 70.1 cm³/mol. The van der Waals surface area contributed by atoms with Crippen LogP contribution in [0, 0.1) is 0 Å². The summed E-state index contributed by atoms with van der Waals surface area (Å²) in [7, 11) is 0. The molecule has 0 saturated heterocycles. The highest BCUT2D eigenvalue weighted by Gasteiger charge is 2.27. The minimum atomic E-state index is 0.511. The van der Waals surface area contributed by atoms with E-state index in [0.29, 0.717) is 11.7 Å². The summed E-state index contributed by atoms with van der Waals surface area (Å²) in [5.74, 6) is 1.07. The van der Waals surface area contributed by atoms with Gasteiger partial charge in [-0.1, -0.05) is 23.8 Å². The molecule has 1 saturated carbocycles. The van der Waals surface area contributed by atoms with Crippen LogP contribution in [0.3, 0.4) is 0 Å². The molecule has 0 atom stereocenters. The van der Waals surface area contributed by atoms with Gasteiger partial charge < -0.3 is 5.73 Å². The smallest absolute Gasteiger partial charge is 0.169 e. The second-order valence-corrected chi connectivity index (χ2v) is 5.21. The maximum absolute atomic E-state index is 5.93. The average Bonchev–Trinajstić information content (AvgIpc) is 2.60. The standard InChI is InChI=1S/C12H13BrN4/c13-9-6-1-2-7-10(9)17-11(8-4-3-5-8)12(14)15-16-17/h1-2,6-8H,3-5,14H2. The van der Waals surface area contributed by atoms with Gasteiger partial charge in [-0.25, -0.2) is 4.68 Å². The van der Waals surface area contributed by atoms with Crippen LogP contribution in [-0.2, 0) is 0 Å². The van der Waals surface area contributed by atoms with Gasteiger partial charge in [-0.05, 0) is 40.9 Å². The van der Waals surface area contributed by atoms with E-state index in [1.165, 1.54) is 19.3 Å². The first-order valence-electron chi connectivity index (χ1n) is 5.73. The fourth-order valence-electron chi connectivity index (χ4n) is 2.17. The molecule has 0 unspecified atom stereocenters. The molecule has 0 aliphatic heterocycles. The lowest BCUT2D eigenvalue weighted by atomic mass is 9.82. The Balaban J connectivity index is 2.12. The van der Waals surface area contributed by atoms with Crippen LogP contribution < -0.4 is 5.73 Å². The fraction of sp³-hybridized carbons (Fsp3) is 0.333. The molecule has 1 aliphatic carbocycles. The summed E-state index contributed by atoms with van der Waals surface area (Å²) in [5, 5.41) is 8.17. The third-order valence-electron chi connectivity index (χ3n) is 3.31. The Hall–Kier alpha value is -1.36. The number of aromatic nitrogens is 3. The molecule has 5 heteroatoms. The van der Waals surface area contributed by atoms with Gasteiger partial charge in [-0.2, -0.15) is 0 Å². The third-order valence-corrected chi connectivity index (χ3v) is 3.98. The predicted octanol–water partition coefficient (Wildman–Crippen LogP) is 2.88. The summed E-state index contributed by atoms with van der Waals surface area (Å²) < 4.78 is 2.87. The van der Waals surface area contributed by atoms with Crippen molar-refractivity contribution in [3.8, 4) is 5.69 Å². The van der Waals surface area contributed by atoms with Crippen LogP contribution in [0.25, 0.3) is 5.69 Å². The van der Waals surface area contributed by atoms with Gasteiger partial charge in [-0.15, -0.1) is 5.10 Å². The van der Waals surface area contributed by atoms with Gasteiger partial charge in [0.25, 0.3) is 0 Å². The molecule has 1 aliphatic rings. The van der Waals surface area contributed by atoms with Gasteiger partial charge >= 0.3 is 0 Å². The normalized spacial score (nSPS) is 15.8. The molecular formula is C12H13BrN4. The van der Waals surface area contributed by atoms with E-state index in [2.05, 4.69) is 26.2 Å². The van der Waals surface area contributed by atoms with Crippen molar-refractivity contribution >= 4 is 21.7 Å². The third kappa shape index (κ3) is 1.74. The number of benzene rings is 1. The van der Waals surface area contributed by atoms with Crippen molar-refractivity contribution in [2.24, 2.45) is 0 Å². The van der Waals surface area contributed by atoms with Crippen molar-refractivity contribution in [2.45, 2.75) is 25.2 Å². The molecule has 88 valence electrons. The topological polar surface area (TPSA) is 56.7 Å². The SMILES string of the molecule is Nc1nnn(-c2ccccc2Br)c1C1CCC1. The maximum atomic E-state index is 5.93. The van der Waals surface area contributed by atoms with Crippen molar-refractivity contribution in [2.75, 3.05) is 5.73 Å². The number of nitrogens with zero attached hydrogens (tertiary/aromatic N) is 3. The van der Waals surface area contributed by atoms with E-state index < -0.39 is 0 Å². The van der Waals surface area contributed by atoms with Gasteiger partial charge in [-0.3, -0.25) is 0 Å². The first-order chi connectivity index (χ1) is 8.27. The Morgan fingerprint density at radius 1 is 1.29 bits per heavy atom. The summed E-state index contributed by atoms with van der Waals surface area (Å²) in [4.78, 5) is 0. The lowest BCUT2D eigenvalue weighted by molar-refractivity contribution is 0.404. The first-order valence-corrected chi connectivity index (χ1v) is 6.52. The molecule has 0 spiro atoms. The number of halogens is 1. The lowest BCUT2D eigenvalue weighted by Gasteiger charge is -2.26. The molecule has 3 rings (SSSR count). The Labute approximate surface area is 108 Å². The summed E-state index contributed by atoms with van der Waals surface area (Å²) in [6.07, 6.45) is 3.63. The van der Waals surface area contributed by atoms with E-state index >= 15 is 0 Å². The van der Waals surface area contributed by atoms with Crippen molar-refractivity contribution < 1.29 is 0 Å². The van der Waals surface area contributed by atoms with E-state index in [9.17, 15) is 0 Å². The number of anilines is 1. The summed E-state index contributed by atoms with van der Waals surface area (Å²) in [5.41, 5.74) is 7.99. The van der Waals surface area contributed by atoms with Gasteiger partial charge in [0.2, 0.25) is 0 Å². The number of nitrogen functional groups attached to an aromatic ring is 1. The molecule has 1 fully saturated rings. The first kappa shape index (κ1) is 10.8. The van der Waals surface area contributed by atoms with E-state index in [0.717, 1.165) is 15.9 Å². The molecule has 1 heterocycles. The van der Waals surface area contributed by atoms with Crippen molar-refractivity contribution in [3.63, 3.8) is 0 Å². The number of para-hydroxylation sites is 1. The quantitative estimate of drug-likeness (QED) is 0.926. The van der Waals surface area contributed by atoms with Crippen molar-refractivity contribution in [1.29, 1.82) is 0 Å². The Bertz CT molecular complexity index is 545. The molecule has 2 N–H and O–H groups in total. The molecule has 0 amide bonds. The minimum Gasteiger partial charge on any atom is -0.381 e. The van der Waals surface area contributed by atoms with Crippen LogP contribution >= 0.6 is 15.9 Å². The largest absolute Gasteiger partial charge is 0.381 e. The molecule has 0 bridgehead atoms. The summed E-state index contributed by atoms with van der Waals surface area (Å²) in [6, 6.07) is 7.98. The lowest BCUT2D eigenvalue weighted by Crippen LogP contribution is -2.15. The second kappa shape index (κ2) is 4.14. The number of nitrogens with two attached hydrogens (primary N) is 1. The molecule has 0 radical (unpaired) electrons. The van der Waals surface area contributed by atoms with E-state index in [4.69, 9.17) is 5.73 Å². The Morgan fingerprint density at radius 2 is 2.06 bits per heavy atom. The highest BCUT2D eigenvalue weighted by Crippen LogP contribution is 2.39. The number of hydrogen-bond donors (Lipinski definition) is 1. The van der Waals surface area contributed by atoms with Gasteiger partial charge in [0.05, 0.1) is 11.4 Å². The molecule has 17 heavy (non-hydrogen) atoms. The minimum absolute atomic E-state index is 0.511. The summed E-state index contributed by atoms with van der Waals surface area (Å²) >= 11 is 3.54. The molecular weight excluding hydrogens is 280 g/mol. The summed E-state index contributed by atoms with van der Waals surface area (Å²) in [6.45, 7) is 0. The monoisotopic (exact) mass is 292 g/mol. The van der Waals surface area contributed by atoms with Gasteiger partial charge in [0, 0.05) is 10.4 Å². The van der Waals surface area contributed by atoms with Crippen LogP contribution in [0.5, 0.6) is 0 Å². The van der Waals surface area contributed by atoms with Crippen LogP contribution in [0.4, 0.5) is 5.82 Å². The van der Waals surface area contributed by atoms with Gasteiger partial charge in [0.1, 0.15) is 0 Å². The molecule has 1 aromatic heterocycles. The fourth-order valence-corrected chi connectivity index (χ4v) is 2.62. The number of rotatable bonds is 2. The highest BCUT2D eigenvalue weighted by molar-refractivity contribution is 9.10. The number of hydrogen-bond acceptors (Lipinski definition) is 3. The zero-order valence-electron chi connectivity index (χ0n) is 9.31. The van der Waals surface area contributed by atoms with Crippen molar-refractivity contribution in [3.05, 3.63) is 34.4 Å². The van der Waals surface area contributed by atoms with Crippen molar-refractivity contribution in [1.82, 2.24) is 15.0 Å². The average molecular weight is 293 g/mol. The zero-order valence-corrected chi connectivity index (χ0v) is 10.9. The van der Waals surface area contributed by atoms with Crippen LogP contribution in [0.1, 0.15) is 30.9 Å². The molecule has 2 aromatic rings. The highest BCUT2D eigenvalue weighted by atomic mass is 79.9. The van der Waals surface area contributed by atoms with Gasteiger partial charge in [0.15, 0.2) is 5.82 Å². The Kier molecular flexibility index (Phi) is 2.63. The maximum Gasteiger partial charge on any atom is 0.169 e. The Morgan fingerprint density at radius 3 is 2.71 bits per heavy atom. The molecule has 1 aromatic carbocycles. The van der Waals surface area contributed by atoms with Crippen LogP contribution in [-0.4, -0.2) is 15.0 Å². The molecule has 4 nitrogen and oxygen atoms in total. The van der Waals surface area contributed by atoms with Crippen LogP contribution in [0.15, 0.2) is 28.7 Å². The van der Waals surface area contributed by atoms with E-state index in [-0.39, 0.29) is 0 Å². The zero-order chi connectivity index (χ0) is 11.8. The van der Waals surface area contributed by atoms with Crippen LogP contribution in [0.2, 0.25) is 0 Å². The van der Waals surface area contributed by atoms with E-state index in [1.807, 2.05) is 28.9 Å². The second-order valence-electron chi connectivity index (χ2n) is 4.35. The van der Waals surface area contributed by atoms with E-state index in [1.54, 1.807) is 0 Å².